The number of anilines is 2. The summed E-state index contributed by atoms with van der Waals surface area (Å²) in [4.78, 5) is -0.952. The van der Waals surface area contributed by atoms with Crippen molar-refractivity contribution < 1.29 is 32.2 Å². The van der Waals surface area contributed by atoms with Crippen molar-refractivity contribution in [2.75, 3.05) is 9.44 Å². The average Bonchev–Trinajstić information content (AvgIpc) is 2.79. The molecule has 4 rings (SSSR count). The molecule has 0 aromatic heterocycles. The van der Waals surface area contributed by atoms with Crippen LogP contribution >= 0.6 is 23.2 Å². The Labute approximate surface area is 210 Å². The van der Waals surface area contributed by atoms with Crippen LogP contribution in [0.4, 0.5) is 11.4 Å². The van der Waals surface area contributed by atoms with E-state index in [4.69, 9.17) is 23.2 Å². The van der Waals surface area contributed by atoms with Crippen LogP contribution in [0.25, 0.3) is 10.8 Å². The smallest absolute Gasteiger partial charge is 0.262 e. The maximum Gasteiger partial charge on any atom is 0.262 e. The molecule has 0 aliphatic heterocycles. The van der Waals surface area contributed by atoms with E-state index in [1.54, 1.807) is 0 Å². The van der Waals surface area contributed by atoms with Gasteiger partial charge in [-0.25, -0.2) is 16.8 Å². The topological polar surface area (TPSA) is 153 Å². The summed E-state index contributed by atoms with van der Waals surface area (Å²) in [5.74, 6) is -1.28. The Morgan fingerprint density at radius 3 is 1.77 bits per heavy atom. The lowest BCUT2D eigenvalue weighted by Gasteiger charge is -2.15. The molecule has 0 amide bonds. The number of fused-ring (bicyclic) bond motifs is 1. The fourth-order valence-corrected chi connectivity index (χ4v) is 6.13. The summed E-state index contributed by atoms with van der Waals surface area (Å²) in [5.41, 5.74) is -0.448. The summed E-state index contributed by atoms with van der Waals surface area (Å²) in [6.07, 6.45) is 0. The van der Waals surface area contributed by atoms with Crippen LogP contribution in [0.2, 0.25) is 10.0 Å². The van der Waals surface area contributed by atoms with Gasteiger partial charge in [-0.2, -0.15) is 0 Å². The molecule has 0 bridgehead atoms. The van der Waals surface area contributed by atoms with Crippen LogP contribution in [0.15, 0.2) is 76.5 Å². The van der Waals surface area contributed by atoms with Crippen molar-refractivity contribution in [1.29, 1.82) is 0 Å². The summed E-state index contributed by atoms with van der Waals surface area (Å²) in [6, 6.07) is 13.9. The quantitative estimate of drug-likeness (QED) is 0.213. The highest BCUT2D eigenvalue weighted by atomic mass is 35.5. The van der Waals surface area contributed by atoms with Gasteiger partial charge < -0.3 is 15.3 Å². The van der Waals surface area contributed by atoms with Gasteiger partial charge in [0, 0.05) is 5.39 Å². The van der Waals surface area contributed by atoms with E-state index in [1.165, 1.54) is 54.6 Å². The third-order valence-electron chi connectivity index (χ3n) is 4.94. The summed E-state index contributed by atoms with van der Waals surface area (Å²) in [6.45, 7) is 0. The second kappa shape index (κ2) is 9.00. The predicted octanol–water partition coefficient (Wildman–Crippen LogP) is 4.87. The molecule has 9 nitrogen and oxygen atoms in total. The normalized spacial score (nSPS) is 11.9. The fraction of sp³-hybridized carbons (Fsp3) is 0. The zero-order valence-electron chi connectivity index (χ0n) is 17.4. The van der Waals surface area contributed by atoms with Gasteiger partial charge in [0.05, 0.1) is 31.2 Å². The monoisotopic (exact) mass is 554 g/mol. The third-order valence-corrected chi connectivity index (χ3v) is 8.30. The van der Waals surface area contributed by atoms with E-state index in [0.29, 0.717) is 0 Å². The molecule has 5 N–H and O–H groups in total. The van der Waals surface area contributed by atoms with Crippen LogP contribution in [0.1, 0.15) is 0 Å². The number of rotatable bonds is 6. The number of phenolic OH excluding ortho intramolecular Hbond substituents is 3. The Balaban J connectivity index is 1.88. The van der Waals surface area contributed by atoms with Crippen LogP contribution < -0.4 is 9.44 Å². The van der Waals surface area contributed by atoms with Gasteiger partial charge in [0.25, 0.3) is 20.0 Å². The van der Waals surface area contributed by atoms with Gasteiger partial charge in [0.15, 0.2) is 11.5 Å². The molecule has 0 saturated heterocycles. The SMILES string of the molecule is O=S(=O)(Nc1cccc(Cl)c1O)c1cc(S(=O)(=O)Nc2cccc(Cl)c2O)c2cc(O)ccc2c1. The number of nitrogens with one attached hydrogen (secondary N) is 2. The molecule has 0 radical (unpaired) electrons. The third kappa shape index (κ3) is 4.89. The van der Waals surface area contributed by atoms with Crippen LogP contribution in [0, 0.1) is 0 Å². The number of halogens is 2. The number of hydrogen-bond donors (Lipinski definition) is 5. The molecule has 0 saturated carbocycles. The van der Waals surface area contributed by atoms with Gasteiger partial charge in [-0.15, -0.1) is 0 Å². The lowest BCUT2D eigenvalue weighted by atomic mass is 10.1. The van der Waals surface area contributed by atoms with Gasteiger partial charge in [0.2, 0.25) is 0 Å². The van der Waals surface area contributed by atoms with E-state index in [-0.39, 0.29) is 37.9 Å². The Bertz CT molecular complexity index is 1690. The molecule has 182 valence electrons. The minimum absolute atomic E-state index is 0.0172. The standard InChI is InChI=1S/C22H16Cl2N2O7S2/c23-16-3-1-5-18(21(16)28)25-34(30,31)14-9-12-7-8-13(27)10-15(12)20(11-14)35(32,33)26-19-6-2-4-17(24)22(19)29/h1-11,25-29H. The molecule has 0 atom stereocenters. The van der Waals surface area contributed by atoms with Gasteiger partial charge in [-0.3, -0.25) is 9.44 Å². The first kappa shape index (κ1) is 24.7. The van der Waals surface area contributed by atoms with Crippen molar-refractivity contribution in [1.82, 2.24) is 0 Å². The first-order chi connectivity index (χ1) is 16.4. The molecule has 0 unspecified atom stereocenters. The lowest BCUT2D eigenvalue weighted by molar-refractivity contribution is 0.476. The highest BCUT2D eigenvalue weighted by molar-refractivity contribution is 7.93. The number of sulfonamides is 2. The summed E-state index contributed by atoms with van der Waals surface area (Å²) in [7, 11) is -8.93. The fourth-order valence-electron chi connectivity index (χ4n) is 3.26. The number of benzene rings is 4. The van der Waals surface area contributed by atoms with E-state index in [0.717, 1.165) is 12.1 Å². The van der Waals surface area contributed by atoms with E-state index in [9.17, 15) is 32.2 Å². The maximum atomic E-state index is 13.3. The Morgan fingerprint density at radius 2 is 1.20 bits per heavy atom. The van der Waals surface area contributed by atoms with Crippen LogP contribution in [-0.2, 0) is 20.0 Å². The molecule has 35 heavy (non-hydrogen) atoms. The molecule has 0 fully saturated rings. The zero-order chi connectivity index (χ0) is 25.5. The molecular weight excluding hydrogens is 539 g/mol. The van der Waals surface area contributed by atoms with Gasteiger partial charge in [-0.05, 0) is 53.9 Å². The minimum atomic E-state index is -4.51. The van der Waals surface area contributed by atoms with Crippen molar-refractivity contribution in [2.24, 2.45) is 0 Å². The Kier molecular flexibility index (Phi) is 6.36. The summed E-state index contributed by atoms with van der Waals surface area (Å²) < 4.78 is 57.2. The highest BCUT2D eigenvalue weighted by Crippen LogP contribution is 2.37. The first-order valence-electron chi connectivity index (χ1n) is 9.66. The Morgan fingerprint density at radius 1 is 0.657 bits per heavy atom. The van der Waals surface area contributed by atoms with Crippen LogP contribution in [-0.4, -0.2) is 32.2 Å². The van der Waals surface area contributed by atoms with Crippen molar-refractivity contribution in [3.63, 3.8) is 0 Å². The number of aromatic hydroxyl groups is 3. The van der Waals surface area contributed by atoms with E-state index < -0.39 is 41.3 Å². The largest absolute Gasteiger partial charge is 0.508 e. The predicted molar refractivity (Wildman–Crippen MR) is 133 cm³/mol. The number of phenols is 3. The molecule has 0 heterocycles. The van der Waals surface area contributed by atoms with E-state index in [2.05, 4.69) is 9.44 Å². The molecule has 0 spiro atoms. The number of hydrogen-bond acceptors (Lipinski definition) is 7. The molecule has 0 aliphatic carbocycles. The second-order valence-electron chi connectivity index (χ2n) is 7.31. The first-order valence-corrected chi connectivity index (χ1v) is 13.4. The van der Waals surface area contributed by atoms with Crippen LogP contribution in [0.5, 0.6) is 17.2 Å². The van der Waals surface area contributed by atoms with Gasteiger partial charge in [-0.1, -0.05) is 41.4 Å². The summed E-state index contributed by atoms with van der Waals surface area (Å²) >= 11 is 11.7. The molecule has 4 aromatic carbocycles. The second-order valence-corrected chi connectivity index (χ2v) is 11.5. The lowest BCUT2D eigenvalue weighted by Crippen LogP contribution is -2.17. The van der Waals surface area contributed by atoms with Gasteiger partial charge in [0.1, 0.15) is 5.75 Å². The molecular formula is C22H16Cl2N2O7S2. The van der Waals surface area contributed by atoms with Crippen molar-refractivity contribution in [3.8, 4) is 17.2 Å². The summed E-state index contributed by atoms with van der Waals surface area (Å²) in [5, 5.41) is 30.1. The van der Waals surface area contributed by atoms with Crippen molar-refractivity contribution >= 4 is 65.4 Å². The maximum absolute atomic E-state index is 13.3. The van der Waals surface area contributed by atoms with Crippen molar-refractivity contribution in [2.45, 2.75) is 9.79 Å². The van der Waals surface area contributed by atoms with E-state index in [1.807, 2.05) is 0 Å². The minimum Gasteiger partial charge on any atom is -0.508 e. The molecule has 0 aliphatic rings. The highest BCUT2D eigenvalue weighted by Gasteiger charge is 2.25. The molecule has 4 aromatic rings. The van der Waals surface area contributed by atoms with Crippen molar-refractivity contribution in [3.05, 3.63) is 76.8 Å². The zero-order valence-corrected chi connectivity index (χ0v) is 20.5. The van der Waals surface area contributed by atoms with Crippen LogP contribution in [0.3, 0.4) is 0 Å². The molecule has 13 heteroatoms. The Hall–Kier alpha value is -3.38. The number of para-hydroxylation sites is 2. The van der Waals surface area contributed by atoms with E-state index >= 15 is 0 Å². The van der Waals surface area contributed by atoms with Gasteiger partial charge >= 0.3 is 0 Å². The average molecular weight is 555 g/mol.